The van der Waals surface area contributed by atoms with Crippen LogP contribution >= 0.6 is 23.2 Å². The average molecular weight is 600 g/mol. The van der Waals surface area contributed by atoms with Gasteiger partial charge in [-0.15, -0.1) is 0 Å². The highest BCUT2D eigenvalue weighted by Gasteiger charge is 2.29. The van der Waals surface area contributed by atoms with E-state index in [0.29, 0.717) is 22.4 Å². The maximum Gasteiger partial charge on any atom is 0.335 e. The van der Waals surface area contributed by atoms with E-state index in [9.17, 15) is 14.0 Å². The molecule has 0 saturated carbocycles. The number of aliphatic carboxylic acids is 2. The van der Waals surface area contributed by atoms with Gasteiger partial charge >= 0.3 is 11.9 Å². The fraction of sp³-hybridized carbons (Fsp3) is 0.360. The number of aromatic nitrogens is 3. The lowest BCUT2D eigenvalue weighted by Crippen LogP contribution is -2.39. The Bertz CT molecular complexity index is 1340. The molecule has 0 amide bonds. The van der Waals surface area contributed by atoms with Crippen LogP contribution in [0.15, 0.2) is 36.8 Å². The average Bonchev–Trinajstić information content (AvgIpc) is 3.42. The van der Waals surface area contributed by atoms with Crippen molar-refractivity contribution in [1.82, 2.24) is 20.1 Å². The number of piperidine rings is 1. The molecule has 3 atom stereocenters. The molecule has 0 bridgehead atoms. The van der Waals surface area contributed by atoms with E-state index in [4.69, 9.17) is 54.1 Å². The van der Waals surface area contributed by atoms with E-state index in [1.807, 2.05) is 17.1 Å². The summed E-state index contributed by atoms with van der Waals surface area (Å²) >= 11 is 12.3. The smallest absolute Gasteiger partial charge is 0.335 e. The minimum absolute atomic E-state index is 0.0686. The van der Waals surface area contributed by atoms with Gasteiger partial charge in [-0.3, -0.25) is 4.68 Å². The molecule has 4 rings (SSSR count). The number of hydrogen-bond acceptors (Lipinski definition) is 9. The highest BCUT2D eigenvalue weighted by Crippen LogP contribution is 2.37. The quantitative estimate of drug-likeness (QED) is 0.208. The van der Waals surface area contributed by atoms with Crippen molar-refractivity contribution in [3.05, 3.63) is 58.2 Å². The molecule has 1 saturated heterocycles. The standard InChI is InChI=1S/C21H22Cl2FN5O.C4H6O6/c1-12(19-16(22)2-3-17(24)20(19)23)30-18-8-13(9-27-21(18)25)14-10-28-29(11-14)15-4-6-26-7-5-15;5-1(3(7)8)2(6)4(9)10/h2-3,8-12,15,26H,4-7H2,1H3,(H2,25,27);1-2,5-6H,(H,7,8)(H,9,10)/t12-;1-,2-/m11/s1. The second kappa shape index (κ2) is 13.7. The third-order valence-corrected chi connectivity index (χ3v) is 6.81. The van der Waals surface area contributed by atoms with Gasteiger partial charge in [-0.1, -0.05) is 23.2 Å². The number of ether oxygens (including phenoxy) is 1. The minimum Gasteiger partial charge on any atom is -0.482 e. The molecule has 1 aliphatic rings. The van der Waals surface area contributed by atoms with Crippen LogP contribution in [0.3, 0.4) is 0 Å². The molecule has 40 heavy (non-hydrogen) atoms. The number of carbonyl (C=O) groups is 2. The van der Waals surface area contributed by atoms with Gasteiger partial charge in [0.05, 0.1) is 17.3 Å². The number of halogens is 3. The first-order valence-electron chi connectivity index (χ1n) is 12.0. The van der Waals surface area contributed by atoms with Crippen LogP contribution in [-0.2, 0) is 9.59 Å². The normalized spacial score (nSPS) is 15.8. The second-order valence-electron chi connectivity index (χ2n) is 8.88. The van der Waals surface area contributed by atoms with E-state index >= 15 is 0 Å². The van der Waals surface area contributed by atoms with E-state index < -0.39 is 36.1 Å². The molecule has 0 spiro atoms. The first-order chi connectivity index (χ1) is 18.9. The number of pyridine rings is 1. The monoisotopic (exact) mass is 599 g/mol. The fourth-order valence-corrected chi connectivity index (χ4v) is 4.58. The van der Waals surface area contributed by atoms with Crippen molar-refractivity contribution >= 4 is 41.0 Å². The van der Waals surface area contributed by atoms with Gasteiger partial charge in [0, 0.05) is 34.1 Å². The molecular weight excluding hydrogens is 572 g/mol. The number of benzene rings is 1. The highest BCUT2D eigenvalue weighted by molar-refractivity contribution is 6.36. The first-order valence-corrected chi connectivity index (χ1v) is 12.8. The molecule has 3 heterocycles. The van der Waals surface area contributed by atoms with E-state index in [1.165, 1.54) is 12.1 Å². The van der Waals surface area contributed by atoms with Crippen molar-refractivity contribution in [2.45, 2.75) is 44.1 Å². The van der Waals surface area contributed by atoms with Gasteiger partial charge in [0.1, 0.15) is 11.9 Å². The zero-order chi connectivity index (χ0) is 29.6. The molecule has 3 aromatic rings. The van der Waals surface area contributed by atoms with Crippen molar-refractivity contribution in [2.75, 3.05) is 18.8 Å². The van der Waals surface area contributed by atoms with Crippen LogP contribution in [-0.4, -0.2) is 72.4 Å². The van der Waals surface area contributed by atoms with Crippen LogP contribution in [0, 0.1) is 5.82 Å². The van der Waals surface area contributed by atoms with Gasteiger partial charge in [-0.05, 0) is 51.1 Å². The summed E-state index contributed by atoms with van der Waals surface area (Å²) in [6, 6.07) is 4.85. The Balaban J connectivity index is 0.000000378. The minimum atomic E-state index is -2.27. The van der Waals surface area contributed by atoms with Crippen LogP contribution < -0.4 is 15.8 Å². The molecule has 1 aromatic carbocycles. The van der Waals surface area contributed by atoms with Crippen LogP contribution in [0.5, 0.6) is 5.75 Å². The van der Waals surface area contributed by atoms with Crippen LogP contribution in [0.25, 0.3) is 11.1 Å². The number of nitrogens with one attached hydrogen (secondary N) is 1. The number of rotatable bonds is 8. The van der Waals surface area contributed by atoms with Crippen molar-refractivity contribution in [2.24, 2.45) is 0 Å². The predicted octanol–water partition coefficient (Wildman–Crippen LogP) is 2.92. The summed E-state index contributed by atoms with van der Waals surface area (Å²) in [5.41, 5.74) is 8.12. The molecule has 1 aliphatic heterocycles. The highest BCUT2D eigenvalue weighted by atomic mass is 35.5. The zero-order valence-corrected chi connectivity index (χ0v) is 22.7. The largest absolute Gasteiger partial charge is 0.482 e. The molecular formula is C25H28Cl2FN5O7. The maximum absolute atomic E-state index is 13.9. The van der Waals surface area contributed by atoms with Crippen molar-refractivity contribution < 1.29 is 39.1 Å². The number of aliphatic hydroxyl groups excluding tert-OH is 2. The van der Waals surface area contributed by atoms with Crippen LogP contribution in [0.2, 0.25) is 10.0 Å². The van der Waals surface area contributed by atoms with Crippen molar-refractivity contribution in [1.29, 1.82) is 0 Å². The SMILES string of the molecule is C[C@@H](Oc1cc(-c2cnn(C3CCNCC3)c2)cnc1N)c1c(Cl)ccc(F)c1Cl.O=C(O)[C@H](O)[C@@H](O)C(=O)O. The number of nitrogen functional groups attached to an aromatic ring is 1. The Morgan fingerprint density at radius 3 is 2.35 bits per heavy atom. The summed E-state index contributed by atoms with van der Waals surface area (Å²) in [6.07, 6.45) is 2.43. The molecule has 7 N–H and O–H groups in total. The topological polar surface area (TPSA) is 193 Å². The van der Waals surface area contributed by atoms with Gasteiger partial charge in [0.2, 0.25) is 0 Å². The lowest BCUT2D eigenvalue weighted by molar-refractivity contribution is -0.165. The Morgan fingerprint density at radius 2 is 1.75 bits per heavy atom. The van der Waals surface area contributed by atoms with Gasteiger partial charge in [-0.2, -0.15) is 5.10 Å². The molecule has 216 valence electrons. The number of carboxylic acids is 2. The molecule has 2 aromatic heterocycles. The van der Waals surface area contributed by atoms with E-state index in [0.717, 1.165) is 37.1 Å². The number of anilines is 1. The number of nitrogens with two attached hydrogens (primary N) is 1. The van der Waals surface area contributed by atoms with E-state index in [-0.39, 0.29) is 10.8 Å². The molecule has 0 unspecified atom stereocenters. The number of aliphatic hydroxyl groups is 2. The van der Waals surface area contributed by atoms with Gasteiger partial charge in [-0.25, -0.2) is 19.0 Å². The summed E-state index contributed by atoms with van der Waals surface area (Å²) < 4.78 is 21.9. The molecule has 1 fully saturated rings. The fourth-order valence-electron chi connectivity index (χ4n) is 3.90. The third kappa shape index (κ3) is 7.58. The number of nitrogens with zero attached hydrogens (tertiary/aromatic N) is 3. The first kappa shape index (κ1) is 31.0. The Hall–Kier alpha value is -3.49. The predicted molar refractivity (Wildman–Crippen MR) is 144 cm³/mol. The number of carboxylic acid groups (broad SMARTS) is 2. The zero-order valence-electron chi connectivity index (χ0n) is 21.2. The summed E-state index contributed by atoms with van der Waals surface area (Å²) in [7, 11) is 0. The van der Waals surface area contributed by atoms with Gasteiger partial charge in [0.15, 0.2) is 23.8 Å². The van der Waals surface area contributed by atoms with Gasteiger partial charge in [0.25, 0.3) is 0 Å². The van der Waals surface area contributed by atoms with E-state index in [1.54, 1.807) is 19.2 Å². The van der Waals surface area contributed by atoms with E-state index in [2.05, 4.69) is 15.4 Å². The summed E-state index contributed by atoms with van der Waals surface area (Å²) in [5, 5.41) is 40.7. The van der Waals surface area contributed by atoms with Crippen molar-refractivity contribution in [3.63, 3.8) is 0 Å². The molecule has 0 aliphatic carbocycles. The Morgan fingerprint density at radius 1 is 1.12 bits per heavy atom. The van der Waals surface area contributed by atoms with Crippen LogP contribution in [0.1, 0.15) is 37.5 Å². The molecule has 12 nitrogen and oxygen atoms in total. The Kier molecular flexibility index (Phi) is 10.7. The van der Waals surface area contributed by atoms with Crippen molar-refractivity contribution in [3.8, 4) is 16.9 Å². The maximum atomic E-state index is 13.9. The van der Waals surface area contributed by atoms with Crippen LogP contribution in [0.4, 0.5) is 10.2 Å². The summed E-state index contributed by atoms with van der Waals surface area (Å²) in [5.74, 6) is -3.51. The number of hydrogen-bond donors (Lipinski definition) is 6. The summed E-state index contributed by atoms with van der Waals surface area (Å²) in [6.45, 7) is 3.71. The molecule has 15 heteroatoms. The van der Waals surface area contributed by atoms with Gasteiger partial charge < -0.3 is 36.2 Å². The lowest BCUT2D eigenvalue weighted by atomic mass is 10.1. The lowest BCUT2D eigenvalue weighted by Gasteiger charge is -2.22. The summed E-state index contributed by atoms with van der Waals surface area (Å²) in [4.78, 5) is 23.8. The molecule has 0 radical (unpaired) electrons. The third-order valence-electron chi connectivity index (χ3n) is 6.09. The Labute approximate surface area is 238 Å². The second-order valence-corrected chi connectivity index (χ2v) is 9.67.